The van der Waals surface area contributed by atoms with E-state index in [1.54, 1.807) is 28.9 Å². The van der Waals surface area contributed by atoms with Crippen molar-refractivity contribution < 1.29 is 9.53 Å². The first kappa shape index (κ1) is 15.1. The van der Waals surface area contributed by atoms with Gasteiger partial charge >= 0.3 is 0 Å². The van der Waals surface area contributed by atoms with Crippen LogP contribution in [-0.2, 0) is 13.6 Å². The quantitative estimate of drug-likeness (QED) is 0.848. The average Bonchev–Trinajstić information content (AvgIpc) is 2.71. The van der Waals surface area contributed by atoms with Crippen molar-refractivity contribution in [3.8, 4) is 11.6 Å². The molecule has 1 aromatic heterocycles. The molecule has 0 atom stereocenters. The molecule has 2 rings (SSSR count). The van der Waals surface area contributed by atoms with Crippen LogP contribution in [0, 0.1) is 6.92 Å². The van der Waals surface area contributed by atoms with Crippen LogP contribution in [0.3, 0.4) is 0 Å². The number of aromatic nitrogens is 2. The number of rotatable bonds is 6. The van der Waals surface area contributed by atoms with Crippen LogP contribution in [0.4, 0.5) is 0 Å². The number of aryl methyl sites for hydroxylation is 2. The van der Waals surface area contributed by atoms with Crippen molar-refractivity contribution in [2.75, 3.05) is 6.54 Å². The third kappa shape index (κ3) is 3.41. The maximum Gasteiger partial charge on any atom is 0.248 e. The van der Waals surface area contributed by atoms with Crippen molar-refractivity contribution in [1.82, 2.24) is 15.1 Å². The number of ether oxygens (including phenoxy) is 1. The molecule has 0 aliphatic rings. The van der Waals surface area contributed by atoms with E-state index in [2.05, 4.69) is 17.3 Å². The van der Waals surface area contributed by atoms with Gasteiger partial charge in [-0.15, -0.1) is 0 Å². The Kier molecular flexibility index (Phi) is 4.59. The van der Waals surface area contributed by atoms with Crippen LogP contribution < -0.4 is 15.8 Å². The average molecular weight is 288 g/mol. The zero-order valence-corrected chi connectivity index (χ0v) is 12.5. The molecule has 0 bridgehead atoms. The van der Waals surface area contributed by atoms with Crippen molar-refractivity contribution >= 4 is 5.91 Å². The van der Waals surface area contributed by atoms with Crippen LogP contribution in [0.1, 0.15) is 28.5 Å². The van der Waals surface area contributed by atoms with Crippen LogP contribution in [0.2, 0.25) is 0 Å². The molecule has 3 N–H and O–H groups in total. The van der Waals surface area contributed by atoms with Crippen molar-refractivity contribution in [2.45, 2.75) is 20.4 Å². The van der Waals surface area contributed by atoms with Crippen LogP contribution in [-0.4, -0.2) is 22.2 Å². The van der Waals surface area contributed by atoms with Gasteiger partial charge in [-0.2, -0.15) is 5.10 Å². The highest BCUT2D eigenvalue weighted by Crippen LogP contribution is 2.27. The molecule has 6 nitrogen and oxygen atoms in total. The number of nitrogens with zero attached hydrogens (tertiary/aromatic N) is 2. The fourth-order valence-corrected chi connectivity index (χ4v) is 2.06. The van der Waals surface area contributed by atoms with E-state index in [0.717, 1.165) is 17.8 Å². The summed E-state index contributed by atoms with van der Waals surface area (Å²) in [5.41, 5.74) is 7.63. The summed E-state index contributed by atoms with van der Waals surface area (Å²) in [5, 5.41) is 7.66. The molecule has 0 unspecified atom stereocenters. The Bertz CT molecular complexity index is 632. The first-order valence-corrected chi connectivity index (χ1v) is 6.83. The molecule has 2 aromatic rings. The number of nitrogens with two attached hydrogens (primary N) is 1. The second kappa shape index (κ2) is 6.41. The minimum Gasteiger partial charge on any atom is -0.439 e. The maximum atomic E-state index is 11.1. The lowest BCUT2D eigenvalue weighted by Crippen LogP contribution is -2.13. The van der Waals surface area contributed by atoms with Crippen molar-refractivity contribution in [1.29, 1.82) is 0 Å². The van der Waals surface area contributed by atoms with Gasteiger partial charge in [0.05, 0.1) is 11.3 Å². The van der Waals surface area contributed by atoms with E-state index in [1.807, 2.05) is 14.0 Å². The van der Waals surface area contributed by atoms with Gasteiger partial charge in [-0.05, 0) is 37.7 Å². The number of carbonyl (C=O) groups excluding carboxylic acids is 1. The molecule has 1 amide bonds. The SMILES string of the molecule is CCNCc1c(C)nn(C)c1Oc1ccc(C(N)=O)cc1. The fraction of sp³-hybridized carbons (Fsp3) is 0.333. The molecule has 112 valence electrons. The van der Waals surface area contributed by atoms with Gasteiger partial charge < -0.3 is 15.8 Å². The Balaban J connectivity index is 2.24. The van der Waals surface area contributed by atoms with Gasteiger partial charge in [-0.1, -0.05) is 6.92 Å². The van der Waals surface area contributed by atoms with E-state index in [9.17, 15) is 4.79 Å². The molecular formula is C15H20N4O2. The zero-order valence-electron chi connectivity index (χ0n) is 12.5. The molecule has 0 fully saturated rings. The molecule has 0 saturated carbocycles. The monoisotopic (exact) mass is 288 g/mol. The Morgan fingerprint density at radius 2 is 2.05 bits per heavy atom. The Morgan fingerprint density at radius 3 is 2.62 bits per heavy atom. The van der Waals surface area contributed by atoms with E-state index in [0.29, 0.717) is 23.7 Å². The largest absolute Gasteiger partial charge is 0.439 e. The van der Waals surface area contributed by atoms with Crippen LogP contribution in [0.5, 0.6) is 11.6 Å². The summed E-state index contributed by atoms with van der Waals surface area (Å²) < 4.78 is 7.61. The van der Waals surface area contributed by atoms with Crippen LogP contribution in [0.15, 0.2) is 24.3 Å². The van der Waals surface area contributed by atoms with Gasteiger partial charge in [0.15, 0.2) is 0 Å². The summed E-state index contributed by atoms with van der Waals surface area (Å²) in [6.45, 7) is 5.58. The summed E-state index contributed by atoms with van der Waals surface area (Å²) in [4.78, 5) is 11.1. The summed E-state index contributed by atoms with van der Waals surface area (Å²) in [5.74, 6) is 0.881. The lowest BCUT2D eigenvalue weighted by atomic mass is 10.2. The van der Waals surface area contributed by atoms with Gasteiger partial charge in [0.25, 0.3) is 0 Å². The van der Waals surface area contributed by atoms with Crippen molar-refractivity contribution in [3.05, 3.63) is 41.1 Å². The second-order valence-corrected chi connectivity index (χ2v) is 4.76. The molecule has 6 heteroatoms. The normalized spacial score (nSPS) is 10.6. The Morgan fingerprint density at radius 1 is 1.38 bits per heavy atom. The second-order valence-electron chi connectivity index (χ2n) is 4.76. The highest BCUT2D eigenvalue weighted by atomic mass is 16.5. The van der Waals surface area contributed by atoms with Gasteiger partial charge in [-0.3, -0.25) is 4.79 Å². The molecule has 1 heterocycles. The van der Waals surface area contributed by atoms with E-state index in [1.165, 1.54) is 0 Å². The van der Waals surface area contributed by atoms with Gasteiger partial charge in [0, 0.05) is 19.2 Å². The molecule has 0 radical (unpaired) electrons. The smallest absolute Gasteiger partial charge is 0.248 e. The van der Waals surface area contributed by atoms with Crippen LogP contribution >= 0.6 is 0 Å². The highest BCUT2D eigenvalue weighted by Gasteiger charge is 2.15. The molecule has 1 aromatic carbocycles. The fourth-order valence-electron chi connectivity index (χ4n) is 2.06. The minimum atomic E-state index is -0.453. The van der Waals surface area contributed by atoms with E-state index < -0.39 is 5.91 Å². The number of primary amides is 1. The summed E-state index contributed by atoms with van der Waals surface area (Å²) in [6.07, 6.45) is 0. The number of hydrogen-bond donors (Lipinski definition) is 2. The van der Waals surface area contributed by atoms with Gasteiger partial charge in [0.1, 0.15) is 5.75 Å². The van der Waals surface area contributed by atoms with E-state index >= 15 is 0 Å². The van der Waals surface area contributed by atoms with Gasteiger partial charge in [0.2, 0.25) is 11.8 Å². The molecular weight excluding hydrogens is 268 g/mol. The van der Waals surface area contributed by atoms with Crippen LogP contribution in [0.25, 0.3) is 0 Å². The first-order valence-electron chi connectivity index (χ1n) is 6.83. The summed E-state index contributed by atoms with van der Waals surface area (Å²) >= 11 is 0. The molecule has 0 aliphatic heterocycles. The minimum absolute atomic E-state index is 0.453. The molecule has 21 heavy (non-hydrogen) atoms. The van der Waals surface area contributed by atoms with E-state index in [-0.39, 0.29) is 0 Å². The third-order valence-corrected chi connectivity index (χ3v) is 3.19. The summed E-state index contributed by atoms with van der Waals surface area (Å²) in [7, 11) is 1.84. The summed E-state index contributed by atoms with van der Waals surface area (Å²) in [6, 6.07) is 6.73. The number of nitrogens with one attached hydrogen (secondary N) is 1. The third-order valence-electron chi connectivity index (χ3n) is 3.19. The predicted octanol–water partition coefficient (Wildman–Crippen LogP) is 1.73. The predicted molar refractivity (Wildman–Crippen MR) is 80.4 cm³/mol. The number of carbonyl (C=O) groups is 1. The topological polar surface area (TPSA) is 82.2 Å². The maximum absolute atomic E-state index is 11.1. The standard InChI is InChI=1S/C15H20N4O2/c1-4-17-9-13-10(2)18-19(3)15(13)21-12-7-5-11(6-8-12)14(16)20/h5-8,17H,4,9H2,1-3H3,(H2,16,20). The number of benzene rings is 1. The lowest BCUT2D eigenvalue weighted by molar-refractivity contribution is 0.100. The first-order chi connectivity index (χ1) is 10.0. The molecule has 0 aliphatic carbocycles. The lowest BCUT2D eigenvalue weighted by Gasteiger charge is -2.09. The Hall–Kier alpha value is -2.34. The van der Waals surface area contributed by atoms with E-state index in [4.69, 9.17) is 10.5 Å². The number of hydrogen-bond acceptors (Lipinski definition) is 4. The van der Waals surface area contributed by atoms with Crippen molar-refractivity contribution in [2.24, 2.45) is 12.8 Å². The molecule has 0 saturated heterocycles. The van der Waals surface area contributed by atoms with Crippen molar-refractivity contribution in [3.63, 3.8) is 0 Å². The van der Waals surface area contributed by atoms with Gasteiger partial charge in [-0.25, -0.2) is 4.68 Å². The Labute approximate surface area is 123 Å². The molecule has 0 spiro atoms. The highest BCUT2D eigenvalue weighted by molar-refractivity contribution is 5.92. The number of amides is 1. The zero-order chi connectivity index (χ0) is 15.4.